The molecule has 0 bridgehead atoms. The van der Waals surface area contributed by atoms with Crippen molar-refractivity contribution in [3.05, 3.63) is 28.8 Å². The number of benzene rings is 1. The summed E-state index contributed by atoms with van der Waals surface area (Å²) in [5.41, 5.74) is 2.02. The molecule has 0 atom stereocenters. The molecule has 1 N–H and O–H groups in total. The van der Waals surface area contributed by atoms with Gasteiger partial charge in [0.25, 0.3) is 0 Å². The van der Waals surface area contributed by atoms with Crippen LogP contribution in [0.5, 0.6) is 5.75 Å². The molecule has 70 valence electrons. The number of aromatic hydroxyl groups is 1. The Hall–Kier alpha value is -2.00. The van der Waals surface area contributed by atoms with Crippen LogP contribution in [0.3, 0.4) is 0 Å². The normalized spacial score (nSPS) is 9.50. The van der Waals surface area contributed by atoms with E-state index in [2.05, 4.69) is 0 Å². The molecular formula is C11H10N2O. The first-order valence-electron chi connectivity index (χ1n) is 4.19. The van der Waals surface area contributed by atoms with E-state index in [4.69, 9.17) is 10.5 Å². The number of aryl methyl sites for hydroxylation is 2. The zero-order valence-corrected chi connectivity index (χ0v) is 8.07. The van der Waals surface area contributed by atoms with Crippen molar-refractivity contribution in [2.45, 2.75) is 19.8 Å². The van der Waals surface area contributed by atoms with Gasteiger partial charge in [0, 0.05) is 0 Å². The largest absolute Gasteiger partial charge is 0.507 e. The highest BCUT2D eigenvalue weighted by Gasteiger charge is 2.12. The molecule has 0 heterocycles. The second-order valence-corrected chi connectivity index (χ2v) is 3.19. The van der Waals surface area contributed by atoms with Crippen LogP contribution in [0.4, 0.5) is 0 Å². The van der Waals surface area contributed by atoms with Crippen LogP contribution in [-0.2, 0) is 0 Å². The molecule has 0 saturated heterocycles. The first-order chi connectivity index (χ1) is 6.60. The monoisotopic (exact) mass is 186 g/mol. The minimum atomic E-state index is -0.756. The molecule has 0 radical (unpaired) electrons. The van der Waals surface area contributed by atoms with Gasteiger partial charge >= 0.3 is 0 Å². The fraction of sp³-hybridized carbons (Fsp3) is 0.273. The summed E-state index contributed by atoms with van der Waals surface area (Å²) in [5.74, 6) is -0.531. The second kappa shape index (κ2) is 3.81. The highest BCUT2D eigenvalue weighted by molar-refractivity contribution is 5.45. The second-order valence-electron chi connectivity index (χ2n) is 3.19. The van der Waals surface area contributed by atoms with Crippen molar-refractivity contribution in [2.24, 2.45) is 0 Å². The topological polar surface area (TPSA) is 67.8 Å². The number of rotatable bonds is 1. The van der Waals surface area contributed by atoms with Crippen LogP contribution >= 0.6 is 0 Å². The minimum absolute atomic E-state index is 0.225. The van der Waals surface area contributed by atoms with Crippen LogP contribution in [0, 0.1) is 36.5 Å². The molecule has 14 heavy (non-hydrogen) atoms. The van der Waals surface area contributed by atoms with E-state index in [9.17, 15) is 5.11 Å². The Labute approximate surface area is 82.8 Å². The lowest BCUT2D eigenvalue weighted by molar-refractivity contribution is 0.466. The zero-order valence-electron chi connectivity index (χ0n) is 8.07. The van der Waals surface area contributed by atoms with Gasteiger partial charge in [0.05, 0.1) is 12.1 Å². The molecule has 3 nitrogen and oxygen atoms in total. The Bertz CT molecular complexity index is 401. The van der Waals surface area contributed by atoms with E-state index < -0.39 is 5.92 Å². The first-order valence-corrected chi connectivity index (χ1v) is 4.19. The lowest BCUT2D eigenvalue weighted by Gasteiger charge is -2.07. The lowest BCUT2D eigenvalue weighted by atomic mass is 9.97. The number of hydrogen-bond acceptors (Lipinski definition) is 3. The molecule has 1 rings (SSSR count). The van der Waals surface area contributed by atoms with E-state index in [0.29, 0.717) is 16.7 Å². The maximum Gasteiger partial charge on any atom is 0.158 e. The quantitative estimate of drug-likeness (QED) is 0.730. The van der Waals surface area contributed by atoms with Crippen molar-refractivity contribution in [1.29, 1.82) is 10.5 Å². The molecule has 0 fully saturated rings. The van der Waals surface area contributed by atoms with Crippen molar-refractivity contribution in [1.82, 2.24) is 0 Å². The van der Waals surface area contributed by atoms with Gasteiger partial charge in [0.15, 0.2) is 5.92 Å². The van der Waals surface area contributed by atoms with Crippen molar-refractivity contribution >= 4 is 0 Å². The highest BCUT2D eigenvalue weighted by Crippen LogP contribution is 2.26. The molecule has 0 unspecified atom stereocenters. The molecule has 0 saturated carbocycles. The van der Waals surface area contributed by atoms with Crippen LogP contribution in [0.1, 0.15) is 22.6 Å². The van der Waals surface area contributed by atoms with Gasteiger partial charge in [0.2, 0.25) is 0 Å². The third-order valence-electron chi connectivity index (χ3n) is 2.10. The van der Waals surface area contributed by atoms with Crippen LogP contribution in [0.15, 0.2) is 12.1 Å². The molecular weight excluding hydrogens is 176 g/mol. The molecule has 1 aromatic rings. The summed E-state index contributed by atoms with van der Waals surface area (Å²) in [6.45, 7) is 3.50. The zero-order chi connectivity index (χ0) is 10.7. The lowest BCUT2D eigenvalue weighted by Crippen LogP contribution is -1.94. The van der Waals surface area contributed by atoms with Gasteiger partial charge in [-0.25, -0.2) is 0 Å². The third-order valence-corrected chi connectivity index (χ3v) is 2.10. The van der Waals surface area contributed by atoms with Crippen LogP contribution in [0.25, 0.3) is 0 Å². The van der Waals surface area contributed by atoms with Crippen molar-refractivity contribution < 1.29 is 5.11 Å². The van der Waals surface area contributed by atoms with Gasteiger partial charge in [0.1, 0.15) is 5.75 Å². The Kier molecular flexibility index (Phi) is 2.74. The first kappa shape index (κ1) is 10.1. The van der Waals surface area contributed by atoms with Crippen LogP contribution < -0.4 is 0 Å². The standard InChI is InChI=1S/C11H10N2O/c1-7-3-9(10(5-12)6-13)4-8(2)11(7)14/h3-4,10,14H,1-2H3. The number of nitrogens with zero attached hydrogens (tertiary/aromatic N) is 2. The summed E-state index contributed by atoms with van der Waals surface area (Å²) < 4.78 is 0. The van der Waals surface area contributed by atoms with E-state index in [1.807, 2.05) is 12.1 Å². The average Bonchev–Trinajstić information content (AvgIpc) is 2.16. The number of phenolic OH excluding ortho intramolecular Hbond substituents is 1. The van der Waals surface area contributed by atoms with Gasteiger partial charge in [-0.1, -0.05) is 12.1 Å². The summed E-state index contributed by atoms with van der Waals surface area (Å²) in [4.78, 5) is 0. The number of hydrogen-bond donors (Lipinski definition) is 1. The molecule has 0 amide bonds. The predicted octanol–water partition coefficient (Wildman–Crippen LogP) is 2.14. The summed E-state index contributed by atoms with van der Waals surface area (Å²) in [6, 6.07) is 7.13. The van der Waals surface area contributed by atoms with Crippen molar-refractivity contribution in [3.8, 4) is 17.9 Å². The molecule has 0 aliphatic carbocycles. The van der Waals surface area contributed by atoms with Crippen LogP contribution in [0.2, 0.25) is 0 Å². The molecule has 0 spiro atoms. The van der Waals surface area contributed by atoms with E-state index >= 15 is 0 Å². The van der Waals surface area contributed by atoms with E-state index in [1.165, 1.54) is 0 Å². The van der Waals surface area contributed by atoms with Gasteiger partial charge < -0.3 is 5.11 Å². The highest BCUT2D eigenvalue weighted by atomic mass is 16.3. The minimum Gasteiger partial charge on any atom is -0.507 e. The SMILES string of the molecule is Cc1cc(C(C#N)C#N)cc(C)c1O. The molecule has 0 aromatic heterocycles. The van der Waals surface area contributed by atoms with E-state index in [1.54, 1.807) is 26.0 Å². The molecule has 3 heteroatoms. The number of phenols is 1. The fourth-order valence-electron chi connectivity index (χ4n) is 1.33. The van der Waals surface area contributed by atoms with Gasteiger partial charge in [-0.2, -0.15) is 10.5 Å². The van der Waals surface area contributed by atoms with E-state index in [-0.39, 0.29) is 5.75 Å². The van der Waals surface area contributed by atoms with Crippen LogP contribution in [-0.4, -0.2) is 5.11 Å². The van der Waals surface area contributed by atoms with Crippen molar-refractivity contribution in [3.63, 3.8) is 0 Å². The number of nitriles is 2. The van der Waals surface area contributed by atoms with Crippen molar-refractivity contribution in [2.75, 3.05) is 0 Å². The van der Waals surface area contributed by atoms with Gasteiger partial charge in [-0.3, -0.25) is 0 Å². The molecule has 0 aliphatic rings. The van der Waals surface area contributed by atoms with Gasteiger partial charge in [-0.05, 0) is 30.5 Å². The smallest absolute Gasteiger partial charge is 0.158 e. The summed E-state index contributed by atoms with van der Waals surface area (Å²) in [5, 5.41) is 26.9. The Morgan fingerprint density at radius 2 is 1.57 bits per heavy atom. The maximum atomic E-state index is 9.49. The fourth-order valence-corrected chi connectivity index (χ4v) is 1.33. The predicted molar refractivity (Wildman–Crippen MR) is 51.5 cm³/mol. The Morgan fingerprint density at radius 1 is 1.14 bits per heavy atom. The summed E-state index contributed by atoms with van der Waals surface area (Å²) in [7, 11) is 0. The van der Waals surface area contributed by atoms with Gasteiger partial charge in [-0.15, -0.1) is 0 Å². The molecule has 1 aromatic carbocycles. The third kappa shape index (κ3) is 1.67. The maximum absolute atomic E-state index is 9.49. The Morgan fingerprint density at radius 3 is 1.93 bits per heavy atom. The summed E-state index contributed by atoms with van der Waals surface area (Å²) in [6.07, 6.45) is 0. The molecule has 0 aliphatic heterocycles. The van der Waals surface area contributed by atoms with E-state index in [0.717, 1.165) is 0 Å². The summed E-state index contributed by atoms with van der Waals surface area (Å²) >= 11 is 0. The Balaban J connectivity index is 3.28. The average molecular weight is 186 g/mol.